The van der Waals surface area contributed by atoms with Gasteiger partial charge in [-0.3, -0.25) is 4.79 Å². The summed E-state index contributed by atoms with van der Waals surface area (Å²) in [6.45, 7) is 3.30. The van der Waals surface area contributed by atoms with Gasteiger partial charge in [0.15, 0.2) is 0 Å². The number of rotatable bonds is 7. The minimum atomic E-state index is -0.795. The molecule has 4 unspecified atom stereocenters. The Balaban J connectivity index is 2.29. The van der Waals surface area contributed by atoms with E-state index in [1.807, 2.05) is 0 Å². The molecule has 0 aromatic carbocycles. The zero-order valence-corrected chi connectivity index (χ0v) is 11.8. The molecule has 1 fully saturated rings. The average Bonchev–Trinajstić information content (AvgIpc) is 2.80. The Morgan fingerprint density at radius 1 is 1.45 bits per heavy atom. The third-order valence-corrected chi connectivity index (χ3v) is 3.08. The number of carbonyl (C=O) groups excluding carboxylic acids is 2. The monoisotopic (exact) mass is 286 g/mol. The van der Waals surface area contributed by atoms with Gasteiger partial charge in [-0.2, -0.15) is 0 Å². The lowest BCUT2D eigenvalue weighted by Gasteiger charge is -2.17. The molecule has 114 valence electrons. The van der Waals surface area contributed by atoms with Gasteiger partial charge in [-0.25, -0.2) is 4.79 Å². The summed E-state index contributed by atoms with van der Waals surface area (Å²) in [6.07, 6.45) is 2.03. The van der Waals surface area contributed by atoms with Crippen molar-refractivity contribution in [1.82, 2.24) is 0 Å². The highest BCUT2D eigenvalue weighted by Gasteiger charge is 2.30. The Kier molecular flexibility index (Phi) is 6.67. The summed E-state index contributed by atoms with van der Waals surface area (Å²) in [5.74, 6) is -0.862. The first-order chi connectivity index (χ1) is 9.38. The molecule has 0 aliphatic carbocycles. The number of aliphatic hydroxyl groups is 2. The van der Waals surface area contributed by atoms with E-state index >= 15 is 0 Å². The number of ether oxygens (including phenoxy) is 2. The third-order valence-electron chi connectivity index (χ3n) is 3.08. The van der Waals surface area contributed by atoms with Crippen LogP contribution in [0.25, 0.3) is 0 Å². The van der Waals surface area contributed by atoms with Crippen molar-refractivity contribution in [2.45, 2.75) is 63.9 Å². The number of carbonyl (C=O) groups is 2. The summed E-state index contributed by atoms with van der Waals surface area (Å²) in [7, 11) is 0. The van der Waals surface area contributed by atoms with Crippen molar-refractivity contribution >= 4 is 11.9 Å². The molecule has 6 nitrogen and oxygen atoms in total. The van der Waals surface area contributed by atoms with Gasteiger partial charge in [0.2, 0.25) is 0 Å². The maximum absolute atomic E-state index is 11.5. The molecule has 20 heavy (non-hydrogen) atoms. The molecular weight excluding hydrogens is 264 g/mol. The first-order valence-electron chi connectivity index (χ1n) is 6.83. The summed E-state index contributed by atoms with van der Waals surface area (Å²) >= 11 is 0. The van der Waals surface area contributed by atoms with Gasteiger partial charge >= 0.3 is 11.9 Å². The van der Waals surface area contributed by atoms with E-state index in [1.165, 1.54) is 6.08 Å². The number of hydrogen-bond donors (Lipinski definition) is 2. The fourth-order valence-corrected chi connectivity index (χ4v) is 1.87. The zero-order chi connectivity index (χ0) is 15.1. The van der Waals surface area contributed by atoms with Crippen molar-refractivity contribution in [3.63, 3.8) is 0 Å². The molecule has 1 rings (SSSR count). The van der Waals surface area contributed by atoms with Crippen LogP contribution in [0.5, 0.6) is 0 Å². The van der Waals surface area contributed by atoms with E-state index in [2.05, 4.69) is 0 Å². The lowest BCUT2D eigenvalue weighted by molar-refractivity contribution is -0.156. The third kappa shape index (κ3) is 6.16. The molecule has 0 radical (unpaired) electrons. The van der Waals surface area contributed by atoms with Gasteiger partial charge in [-0.05, 0) is 39.2 Å². The maximum atomic E-state index is 11.5. The van der Waals surface area contributed by atoms with E-state index in [4.69, 9.17) is 14.6 Å². The van der Waals surface area contributed by atoms with E-state index in [9.17, 15) is 14.7 Å². The fraction of sp³-hybridized carbons (Fsp3) is 0.714. The van der Waals surface area contributed by atoms with Gasteiger partial charge in [0.05, 0.1) is 12.2 Å². The minimum absolute atomic E-state index is 0.276. The Morgan fingerprint density at radius 2 is 2.15 bits per heavy atom. The molecule has 2 N–H and O–H groups in total. The van der Waals surface area contributed by atoms with Crippen LogP contribution in [0.3, 0.4) is 0 Å². The molecule has 0 bridgehead atoms. The van der Waals surface area contributed by atoms with Gasteiger partial charge in [0, 0.05) is 12.5 Å². The molecule has 1 saturated heterocycles. The quantitative estimate of drug-likeness (QED) is 0.528. The topological polar surface area (TPSA) is 93.1 Å². The zero-order valence-electron chi connectivity index (χ0n) is 11.8. The predicted molar refractivity (Wildman–Crippen MR) is 70.7 cm³/mol. The second-order valence-corrected chi connectivity index (χ2v) is 5.06. The molecule has 4 atom stereocenters. The summed E-state index contributed by atoms with van der Waals surface area (Å²) in [6, 6.07) is 0. The minimum Gasteiger partial charge on any atom is -0.458 e. The van der Waals surface area contributed by atoms with Gasteiger partial charge in [-0.1, -0.05) is 0 Å². The molecule has 1 aliphatic heterocycles. The largest absolute Gasteiger partial charge is 0.458 e. The normalized spacial score (nSPS) is 23.4. The molecule has 6 heteroatoms. The van der Waals surface area contributed by atoms with E-state index < -0.39 is 24.3 Å². The van der Waals surface area contributed by atoms with Gasteiger partial charge in [0.1, 0.15) is 12.2 Å². The molecule has 0 spiro atoms. The van der Waals surface area contributed by atoms with Crippen molar-refractivity contribution in [1.29, 1.82) is 0 Å². The van der Waals surface area contributed by atoms with E-state index in [0.717, 1.165) is 6.08 Å². The molecule has 0 aromatic heterocycles. The first-order valence-corrected chi connectivity index (χ1v) is 6.83. The summed E-state index contributed by atoms with van der Waals surface area (Å²) in [4.78, 5) is 22.5. The second-order valence-electron chi connectivity index (χ2n) is 5.06. The number of esters is 2. The van der Waals surface area contributed by atoms with Crippen LogP contribution in [0.15, 0.2) is 12.2 Å². The number of hydrogen-bond acceptors (Lipinski definition) is 6. The highest BCUT2D eigenvalue weighted by molar-refractivity contribution is 5.82. The van der Waals surface area contributed by atoms with Gasteiger partial charge in [0.25, 0.3) is 0 Å². The molecule has 1 heterocycles. The second kappa shape index (κ2) is 8.01. The standard InChI is InChI=1S/C14H22O6/c1-9(15)3-4-11(16)5-7-13(17)19-10(2)12-6-8-14(18)20-12/h5,7,9-12,15-16H,3-4,6,8H2,1-2H3/b7-5+. The SMILES string of the molecule is CC(O)CCC(O)/C=C/C(=O)OC(C)C1CCC(=O)O1. The highest BCUT2D eigenvalue weighted by atomic mass is 16.6. The van der Waals surface area contributed by atoms with Crippen LogP contribution < -0.4 is 0 Å². The summed E-state index contributed by atoms with van der Waals surface area (Å²) in [5.41, 5.74) is 0. The predicted octanol–water partition coefficient (Wildman–Crippen LogP) is 0.702. The molecule has 0 saturated carbocycles. The van der Waals surface area contributed by atoms with Crippen LogP contribution in [0.1, 0.15) is 39.5 Å². The average molecular weight is 286 g/mol. The maximum Gasteiger partial charge on any atom is 0.330 e. The van der Waals surface area contributed by atoms with Crippen LogP contribution in [0.2, 0.25) is 0 Å². The van der Waals surface area contributed by atoms with Crippen molar-refractivity contribution < 1.29 is 29.3 Å². The highest BCUT2D eigenvalue weighted by Crippen LogP contribution is 2.19. The van der Waals surface area contributed by atoms with Crippen LogP contribution in [-0.4, -0.2) is 46.6 Å². The summed E-state index contributed by atoms with van der Waals surface area (Å²) in [5, 5.41) is 18.6. The molecule has 0 aromatic rings. The Bertz CT molecular complexity index is 363. The van der Waals surface area contributed by atoms with Crippen molar-refractivity contribution in [3.8, 4) is 0 Å². The Labute approximate surface area is 118 Å². The Morgan fingerprint density at radius 3 is 2.70 bits per heavy atom. The van der Waals surface area contributed by atoms with Crippen molar-refractivity contribution in [2.75, 3.05) is 0 Å². The van der Waals surface area contributed by atoms with Crippen LogP contribution in [-0.2, 0) is 19.1 Å². The van der Waals surface area contributed by atoms with Crippen LogP contribution in [0.4, 0.5) is 0 Å². The number of cyclic esters (lactones) is 1. The van der Waals surface area contributed by atoms with Gasteiger partial charge < -0.3 is 19.7 Å². The van der Waals surface area contributed by atoms with Crippen molar-refractivity contribution in [2.24, 2.45) is 0 Å². The first kappa shape index (κ1) is 16.7. The molecule has 0 amide bonds. The van der Waals surface area contributed by atoms with E-state index in [1.54, 1.807) is 13.8 Å². The molecule has 1 aliphatic rings. The van der Waals surface area contributed by atoms with Crippen LogP contribution in [0, 0.1) is 0 Å². The Hall–Kier alpha value is -1.40. The van der Waals surface area contributed by atoms with Gasteiger partial charge in [-0.15, -0.1) is 0 Å². The lowest BCUT2D eigenvalue weighted by Crippen LogP contribution is -2.27. The van der Waals surface area contributed by atoms with Crippen LogP contribution >= 0.6 is 0 Å². The fourth-order valence-electron chi connectivity index (χ4n) is 1.87. The van der Waals surface area contributed by atoms with Crippen molar-refractivity contribution in [3.05, 3.63) is 12.2 Å². The number of aliphatic hydroxyl groups excluding tert-OH is 2. The van der Waals surface area contributed by atoms with E-state index in [-0.39, 0.29) is 12.1 Å². The van der Waals surface area contributed by atoms with E-state index in [0.29, 0.717) is 25.7 Å². The smallest absolute Gasteiger partial charge is 0.330 e. The lowest BCUT2D eigenvalue weighted by atomic mass is 10.1. The molecular formula is C14H22O6. The summed E-state index contributed by atoms with van der Waals surface area (Å²) < 4.78 is 10.1.